The molecule has 0 bridgehead atoms. The summed E-state index contributed by atoms with van der Waals surface area (Å²) in [5.41, 5.74) is 0.800. The normalized spacial score (nSPS) is 18.1. The third kappa shape index (κ3) is 3.49. The Morgan fingerprint density at radius 3 is 3.17 bits per heavy atom. The standard InChI is InChI=1S/C16H23N5O2S/c1-3-13-14(24-19-18-13)16(22)21-7-4-5-12(11-21)15-17-6-8-20(15)9-10-23-2/h6,8,12H,3-5,7,9-11H2,1-2H3/t12-/m0/s1. The van der Waals surface area contributed by atoms with Crippen LogP contribution in [0.3, 0.4) is 0 Å². The molecule has 1 atom stereocenters. The van der Waals surface area contributed by atoms with Gasteiger partial charge in [0.05, 0.1) is 12.3 Å². The number of amides is 1. The Morgan fingerprint density at radius 1 is 1.50 bits per heavy atom. The number of methoxy groups -OCH3 is 1. The number of carbonyl (C=O) groups excluding carboxylic acids is 1. The SMILES string of the molecule is CCc1nnsc1C(=O)N1CCC[C@H](c2nccn2CCOC)C1. The van der Waals surface area contributed by atoms with Gasteiger partial charge in [0, 0.05) is 45.1 Å². The third-order valence-electron chi connectivity index (χ3n) is 4.44. The first-order valence-electron chi connectivity index (χ1n) is 8.35. The van der Waals surface area contributed by atoms with Crippen molar-refractivity contribution in [3.63, 3.8) is 0 Å². The van der Waals surface area contributed by atoms with Gasteiger partial charge >= 0.3 is 0 Å². The molecule has 0 saturated carbocycles. The number of piperidine rings is 1. The van der Waals surface area contributed by atoms with E-state index in [1.54, 1.807) is 7.11 Å². The summed E-state index contributed by atoms with van der Waals surface area (Å²) in [6.07, 6.45) is 6.58. The van der Waals surface area contributed by atoms with Gasteiger partial charge in [-0.15, -0.1) is 5.10 Å². The minimum atomic E-state index is 0.0570. The lowest BCUT2D eigenvalue weighted by Crippen LogP contribution is -2.39. The Balaban J connectivity index is 1.73. The zero-order valence-electron chi connectivity index (χ0n) is 14.1. The molecule has 0 spiro atoms. The van der Waals surface area contributed by atoms with Crippen LogP contribution >= 0.6 is 11.5 Å². The van der Waals surface area contributed by atoms with Gasteiger partial charge in [-0.25, -0.2) is 4.98 Å². The Labute approximate surface area is 145 Å². The van der Waals surface area contributed by atoms with Gasteiger partial charge in [-0.3, -0.25) is 4.79 Å². The number of hydrogen-bond acceptors (Lipinski definition) is 6. The fourth-order valence-electron chi connectivity index (χ4n) is 3.18. The zero-order chi connectivity index (χ0) is 16.9. The molecule has 0 N–H and O–H groups in total. The van der Waals surface area contributed by atoms with Gasteiger partial charge in [-0.1, -0.05) is 11.4 Å². The number of nitrogens with zero attached hydrogens (tertiary/aromatic N) is 5. The number of rotatable bonds is 6. The summed E-state index contributed by atoms with van der Waals surface area (Å²) in [5.74, 6) is 1.37. The molecule has 7 nitrogen and oxygen atoms in total. The van der Waals surface area contributed by atoms with Crippen LogP contribution in [0.2, 0.25) is 0 Å². The molecule has 130 valence electrons. The molecule has 0 radical (unpaired) electrons. The van der Waals surface area contributed by atoms with E-state index in [1.165, 1.54) is 11.5 Å². The largest absolute Gasteiger partial charge is 0.383 e. The number of ether oxygens (including phenoxy) is 1. The zero-order valence-corrected chi connectivity index (χ0v) is 15.0. The highest BCUT2D eigenvalue weighted by Crippen LogP contribution is 2.27. The summed E-state index contributed by atoms with van der Waals surface area (Å²) in [7, 11) is 1.70. The first-order valence-corrected chi connectivity index (χ1v) is 9.12. The average Bonchev–Trinajstić information content (AvgIpc) is 3.28. The summed E-state index contributed by atoms with van der Waals surface area (Å²) in [4.78, 5) is 20.0. The van der Waals surface area contributed by atoms with Gasteiger partial charge in [-0.2, -0.15) is 0 Å². The van der Waals surface area contributed by atoms with Crippen molar-refractivity contribution in [3.05, 3.63) is 28.8 Å². The van der Waals surface area contributed by atoms with Crippen molar-refractivity contribution in [2.75, 3.05) is 26.8 Å². The van der Waals surface area contributed by atoms with Crippen molar-refractivity contribution in [1.29, 1.82) is 0 Å². The first-order chi connectivity index (χ1) is 11.7. The molecule has 1 saturated heterocycles. The number of aromatic nitrogens is 4. The molecule has 2 aromatic heterocycles. The highest BCUT2D eigenvalue weighted by atomic mass is 32.1. The second kappa shape index (κ2) is 7.85. The summed E-state index contributed by atoms with van der Waals surface area (Å²) >= 11 is 1.20. The van der Waals surface area contributed by atoms with Gasteiger partial charge in [-0.05, 0) is 30.8 Å². The van der Waals surface area contributed by atoms with Crippen molar-refractivity contribution in [1.82, 2.24) is 24.0 Å². The van der Waals surface area contributed by atoms with Crippen molar-refractivity contribution in [2.45, 2.75) is 38.6 Å². The molecule has 1 aliphatic heterocycles. The molecule has 3 heterocycles. The van der Waals surface area contributed by atoms with Crippen molar-refractivity contribution >= 4 is 17.4 Å². The lowest BCUT2D eigenvalue weighted by atomic mass is 9.97. The monoisotopic (exact) mass is 349 g/mol. The number of aryl methyl sites for hydroxylation is 1. The van der Waals surface area contributed by atoms with Crippen LogP contribution in [0.25, 0.3) is 0 Å². The second-order valence-corrected chi connectivity index (χ2v) is 6.72. The lowest BCUT2D eigenvalue weighted by Gasteiger charge is -2.32. The Morgan fingerprint density at radius 2 is 2.38 bits per heavy atom. The van der Waals surface area contributed by atoms with Crippen molar-refractivity contribution in [3.8, 4) is 0 Å². The predicted octanol–water partition coefficient (Wildman–Crippen LogP) is 1.96. The lowest BCUT2D eigenvalue weighted by molar-refractivity contribution is 0.0706. The van der Waals surface area contributed by atoms with Crippen LogP contribution in [-0.4, -0.2) is 56.8 Å². The quantitative estimate of drug-likeness (QED) is 0.797. The van der Waals surface area contributed by atoms with Crippen LogP contribution in [0.4, 0.5) is 0 Å². The topological polar surface area (TPSA) is 73.1 Å². The summed E-state index contributed by atoms with van der Waals surface area (Å²) in [5, 5.41) is 4.06. The molecular weight excluding hydrogens is 326 g/mol. The van der Waals surface area contributed by atoms with Gasteiger partial charge in [0.25, 0.3) is 5.91 Å². The fraction of sp³-hybridized carbons (Fsp3) is 0.625. The number of carbonyl (C=O) groups is 1. The van der Waals surface area contributed by atoms with Gasteiger partial charge in [0.15, 0.2) is 0 Å². The molecule has 1 amide bonds. The fourth-order valence-corrected chi connectivity index (χ4v) is 3.90. The van der Waals surface area contributed by atoms with Crippen molar-refractivity contribution < 1.29 is 9.53 Å². The maximum absolute atomic E-state index is 12.8. The molecule has 1 aliphatic rings. The minimum Gasteiger partial charge on any atom is -0.383 e. The van der Waals surface area contributed by atoms with Crippen LogP contribution < -0.4 is 0 Å². The molecule has 0 unspecified atom stereocenters. The molecule has 0 aromatic carbocycles. The molecule has 0 aliphatic carbocycles. The van der Waals surface area contributed by atoms with Crippen LogP contribution in [0.15, 0.2) is 12.4 Å². The van der Waals surface area contributed by atoms with E-state index in [0.29, 0.717) is 18.0 Å². The summed E-state index contributed by atoms with van der Waals surface area (Å²) in [6.45, 7) is 4.93. The molecule has 8 heteroatoms. The smallest absolute Gasteiger partial charge is 0.267 e. The Kier molecular flexibility index (Phi) is 5.57. The molecule has 24 heavy (non-hydrogen) atoms. The molecule has 1 fully saturated rings. The highest BCUT2D eigenvalue weighted by Gasteiger charge is 2.29. The second-order valence-electron chi connectivity index (χ2n) is 5.96. The van der Waals surface area contributed by atoms with E-state index in [1.807, 2.05) is 24.2 Å². The van der Waals surface area contributed by atoms with E-state index in [-0.39, 0.29) is 11.8 Å². The molecule has 3 rings (SSSR count). The van der Waals surface area contributed by atoms with E-state index in [2.05, 4.69) is 19.1 Å². The van der Waals surface area contributed by atoms with E-state index >= 15 is 0 Å². The number of imidazole rings is 1. The van der Waals surface area contributed by atoms with Crippen LogP contribution in [0.5, 0.6) is 0 Å². The number of hydrogen-bond donors (Lipinski definition) is 0. The highest BCUT2D eigenvalue weighted by molar-refractivity contribution is 7.08. The van der Waals surface area contributed by atoms with Crippen LogP contribution in [0, 0.1) is 0 Å². The molecular formula is C16H23N5O2S. The maximum atomic E-state index is 12.8. The van der Waals surface area contributed by atoms with E-state index in [4.69, 9.17) is 4.74 Å². The Hall–Kier alpha value is -1.80. The number of likely N-dealkylation sites (tertiary alicyclic amines) is 1. The van der Waals surface area contributed by atoms with E-state index in [0.717, 1.165) is 43.9 Å². The van der Waals surface area contributed by atoms with Crippen molar-refractivity contribution in [2.24, 2.45) is 0 Å². The van der Waals surface area contributed by atoms with Crippen LogP contribution in [-0.2, 0) is 17.7 Å². The van der Waals surface area contributed by atoms with Gasteiger partial charge < -0.3 is 14.2 Å². The first kappa shape index (κ1) is 17.0. The average molecular weight is 349 g/mol. The minimum absolute atomic E-state index is 0.0570. The maximum Gasteiger partial charge on any atom is 0.267 e. The predicted molar refractivity (Wildman–Crippen MR) is 91.3 cm³/mol. The Bertz CT molecular complexity index is 684. The van der Waals surface area contributed by atoms with E-state index < -0.39 is 0 Å². The summed E-state index contributed by atoms with van der Waals surface area (Å²) in [6, 6.07) is 0. The van der Waals surface area contributed by atoms with Gasteiger partial charge in [0.1, 0.15) is 10.7 Å². The summed E-state index contributed by atoms with van der Waals surface area (Å²) < 4.78 is 11.2. The van der Waals surface area contributed by atoms with Crippen LogP contribution in [0.1, 0.15) is 46.9 Å². The van der Waals surface area contributed by atoms with Gasteiger partial charge in [0.2, 0.25) is 0 Å². The molecule has 2 aromatic rings. The van der Waals surface area contributed by atoms with E-state index in [9.17, 15) is 4.79 Å². The third-order valence-corrected chi connectivity index (χ3v) is 5.20.